The van der Waals surface area contributed by atoms with Crippen molar-refractivity contribution in [2.45, 2.75) is 25.1 Å². The number of carbonyl (C=O) groups excluding carboxylic acids is 1. The summed E-state index contributed by atoms with van der Waals surface area (Å²) in [6, 6.07) is 12.2. The molecule has 1 N–H and O–H groups in total. The van der Waals surface area contributed by atoms with Gasteiger partial charge in [0.2, 0.25) is 5.91 Å². The lowest BCUT2D eigenvalue weighted by Crippen LogP contribution is -2.15. The summed E-state index contributed by atoms with van der Waals surface area (Å²) in [5, 5.41) is 3.03. The lowest BCUT2D eigenvalue weighted by molar-refractivity contribution is -0.113. The van der Waals surface area contributed by atoms with Gasteiger partial charge in [-0.3, -0.25) is 4.79 Å². The number of nitrogens with zero attached hydrogens (tertiary/aromatic N) is 1. The molecule has 0 aliphatic carbocycles. The molecule has 118 valence electrons. The second kappa shape index (κ2) is 6.72. The van der Waals surface area contributed by atoms with Crippen molar-refractivity contribution in [3.63, 3.8) is 0 Å². The van der Waals surface area contributed by atoms with E-state index in [1.165, 1.54) is 17.3 Å². The fourth-order valence-corrected chi connectivity index (χ4v) is 4.46. The van der Waals surface area contributed by atoms with E-state index in [1.807, 2.05) is 32.0 Å². The summed E-state index contributed by atoms with van der Waals surface area (Å²) in [4.78, 5) is 16.8. The molecule has 1 amide bonds. The van der Waals surface area contributed by atoms with Gasteiger partial charge in [0.05, 0.1) is 16.0 Å². The Labute approximate surface area is 144 Å². The van der Waals surface area contributed by atoms with Crippen LogP contribution in [-0.4, -0.2) is 16.6 Å². The number of benzene rings is 2. The number of aryl methyl sites for hydroxylation is 3. The molecule has 0 saturated heterocycles. The molecule has 3 rings (SSSR count). The normalized spacial score (nSPS) is 10.9. The summed E-state index contributed by atoms with van der Waals surface area (Å²) in [7, 11) is 0. The maximum Gasteiger partial charge on any atom is 0.234 e. The van der Waals surface area contributed by atoms with Crippen LogP contribution < -0.4 is 5.32 Å². The summed E-state index contributed by atoms with van der Waals surface area (Å²) in [5.41, 5.74) is 5.32. The Morgan fingerprint density at radius 3 is 2.57 bits per heavy atom. The lowest BCUT2D eigenvalue weighted by atomic mass is 10.1. The first-order chi connectivity index (χ1) is 11.0. The number of aromatic nitrogens is 1. The number of para-hydroxylation sites is 1. The Morgan fingerprint density at radius 1 is 1.17 bits per heavy atom. The lowest BCUT2D eigenvalue weighted by Gasteiger charge is -2.12. The molecule has 0 saturated carbocycles. The Kier molecular flexibility index (Phi) is 4.68. The van der Waals surface area contributed by atoms with E-state index in [-0.39, 0.29) is 5.91 Å². The van der Waals surface area contributed by atoms with Crippen LogP contribution in [0.3, 0.4) is 0 Å². The smallest absolute Gasteiger partial charge is 0.234 e. The molecule has 2 aromatic carbocycles. The van der Waals surface area contributed by atoms with Gasteiger partial charge in [0, 0.05) is 5.69 Å². The first-order valence-corrected chi connectivity index (χ1v) is 9.19. The highest BCUT2D eigenvalue weighted by atomic mass is 32.2. The average molecular weight is 342 g/mol. The summed E-state index contributed by atoms with van der Waals surface area (Å²) in [6.45, 7) is 6.11. The topological polar surface area (TPSA) is 42.0 Å². The molecule has 0 aliphatic rings. The van der Waals surface area contributed by atoms with Crippen molar-refractivity contribution in [1.82, 2.24) is 4.98 Å². The van der Waals surface area contributed by atoms with Crippen molar-refractivity contribution in [3.8, 4) is 0 Å². The maximum atomic E-state index is 12.2. The predicted octanol–water partition coefficient (Wildman–Crippen LogP) is 4.95. The Bertz CT molecular complexity index is 814. The molecule has 0 radical (unpaired) electrons. The van der Waals surface area contributed by atoms with E-state index >= 15 is 0 Å². The quantitative estimate of drug-likeness (QED) is 0.682. The minimum Gasteiger partial charge on any atom is -0.325 e. The number of hydrogen-bond donors (Lipinski definition) is 1. The molecular formula is C18H18N2OS2. The molecule has 23 heavy (non-hydrogen) atoms. The predicted molar refractivity (Wildman–Crippen MR) is 99.6 cm³/mol. The summed E-state index contributed by atoms with van der Waals surface area (Å²) in [6.07, 6.45) is 0. The fourth-order valence-electron chi connectivity index (χ4n) is 2.59. The molecule has 0 bridgehead atoms. The fraction of sp³-hybridized carbons (Fsp3) is 0.222. The largest absolute Gasteiger partial charge is 0.325 e. The Balaban J connectivity index is 1.66. The summed E-state index contributed by atoms with van der Waals surface area (Å²) >= 11 is 3.11. The number of hydrogen-bond acceptors (Lipinski definition) is 4. The standard InChI is InChI=1S/C18H18N2OS2/c1-11-8-12(2)17(13(3)9-11)20-16(21)10-22-18-19-14-6-4-5-7-15(14)23-18/h4-9H,10H2,1-3H3,(H,20,21). The van der Waals surface area contributed by atoms with Gasteiger partial charge < -0.3 is 5.32 Å². The summed E-state index contributed by atoms with van der Waals surface area (Å²) < 4.78 is 2.08. The van der Waals surface area contributed by atoms with E-state index in [0.717, 1.165) is 31.4 Å². The molecular weight excluding hydrogens is 324 g/mol. The average Bonchev–Trinajstić information content (AvgIpc) is 2.91. The van der Waals surface area contributed by atoms with E-state index in [2.05, 4.69) is 35.4 Å². The SMILES string of the molecule is Cc1cc(C)c(NC(=O)CSc2nc3ccccc3s2)c(C)c1. The second-order valence-electron chi connectivity index (χ2n) is 5.56. The van der Waals surface area contributed by atoms with E-state index in [4.69, 9.17) is 0 Å². The van der Waals surface area contributed by atoms with Gasteiger partial charge in [-0.05, 0) is 44.0 Å². The number of carbonyl (C=O) groups is 1. The highest BCUT2D eigenvalue weighted by Gasteiger charge is 2.10. The number of fused-ring (bicyclic) bond motifs is 1. The second-order valence-corrected chi connectivity index (χ2v) is 7.81. The van der Waals surface area contributed by atoms with Crippen LogP contribution in [0, 0.1) is 20.8 Å². The third kappa shape index (κ3) is 3.74. The van der Waals surface area contributed by atoms with Crippen LogP contribution in [0.1, 0.15) is 16.7 Å². The number of thiazole rings is 1. The van der Waals surface area contributed by atoms with Crippen LogP contribution >= 0.6 is 23.1 Å². The minimum atomic E-state index is 0.00399. The molecule has 0 spiro atoms. The van der Waals surface area contributed by atoms with Crippen molar-refractivity contribution >= 4 is 44.9 Å². The molecule has 0 unspecified atom stereocenters. The molecule has 0 atom stereocenters. The van der Waals surface area contributed by atoms with Crippen molar-refractivity contribution < 1.29 is 4.79 Å². The van der Waals surface area contributed by atoms with Gasteiger partial charge in [-0.2, -0.15) is 0 Å². The van der Waals surface area contributed by atoms with Crippen LogP contribution in [0.15, 0.2) is 40.7 Å². The van der Waals surface area contributed by atoms with Crippen LogP contribution in [-0.2, 0) is 4.79 Å². The summed E-state index contributed by atoms with van der Waals surface area (Å²) in [5.74, 6) is 0.372. The van der Waals surface area contributed by atoms with Gasteiger partial charge in [0.25, 0.3) is 0 Å². The molecule has 1 aromatic heterocycles. The number of amides is 1. The van der Waals surface area contributed by atoms with Gasteiger partial charge in [-0.15, -0.1) is 11.3 Å². The van der Waals surface area contributed by atoms with Crippen molar-refractivity contribution in [1.29, 1.82) is 0 Å². The zero-order valence-corrected chi connectivity index (χ0v) is 15.0. The number of nitrogens with one attached hydrogen (secondary N) is 1. The first-order valence-electron chi connectivity index (χ1n) is 7.39. The highest BCUT2D eigenvalue weighted by molar-refractivity contribution is 8.01. The molecule has 1 heterocycles. The Morgan fingerprint density at radius 2 is 1.87 bits per heavy atom. The highest BCUT2D eigenvalue weighted by Crippen LogP contribution is 2.29. The third-order valence-electron chi connectivity index (χ3n) is 3.54. The monoisotopic (exact) mass is 342 g/mol. The zero-order chi connectivity index (χ0) is 16.4. The van der Waals surface area contributed by atoms with Gasteiger partial charge in [-0.1, -0.05) is 41.6 Å². The zero-order valence-electron chi connectivity index (χ0n) is 13.3. The van der Waals surface area contributed by atoms with Gasteiger partial charge in [-0.25, -0.2) is 4.98 Å². The number of anilines is 1. The number of thioether (sulfide) groups is 1. The van der Waals surface area contributed by atoms with E-state index < -0.39 is 0 Å². The van der Waals surface area contributed by atoms with Crippen LogP contribution in [0.4, 0.5) is 5.69 Å². The van der Waals surface area contributed by atoms with Crippen LogP contribution in [0.5, 0.6) is 0 Å². The Hall–Kier alpha value is -1.85. The van der Waals surface area contributed by atoms with Crippen molar-refractivity contribution in [2.75, 3.05) is 11.1 Å². The van der Waals surface area contributed by atoms with Gasteiger partial charge in [0.15, 0.2) is 4.34 Å². The third-order valence-corrected chi connectivity index (χ3v) is 5.72. The van der Waals surface area contributed by atoms with E-state index in [1.54, 1.807) is 11.3 Å². The number of rotatable bonds is 4. The van der Waals surface area contributed by atoms with Gasteiger partial charge >= 0.3 is 0 Å². The first kappa shape index (κ1) is 16.0. The molecule has 3 aromatic rings. The van der Waals surface area contributed by atoms with Crippen LogP contribution in [0.2, 0.25) is 0 Å². The van der Waals surface area contributed by atoms with E-state index in [9.17, 15) is 4.79 Å². The van der Waals surface area contributed by atoms with Crippen LogP contribution in [0.25, 0.3) is 10.2 Å². The minimum absolute atomic E-state index is 0.00399. The van der Waals surface area contributed by atoms with Gasteiger partial charge in [0.1, 0.15) is 0 Å². The van der Waals surface area contributed by atoms with E-state index in [0.29, 0.717) is 5.75 Å². The van der Waals surface area contributed by atoms with Crippen molar-refractivity contribution in [2.24, 2.45) is 0 Å². The molecule has 0 fully saturated rings. The maximum absolute atomic E-state index is 12.2. The molecule has 3 nitrogen and oxygen atoms in total. The molecule has 5 heteroatoms. The van der Waals surface area contributed by atoms with Crippen molar-refractivity contribution in [3.05, 3.63) is 53.1 Å². The molecule has 0 aliphatic heterocycles.